The molecule has 1 heterocycles. The summed E-state index contributed by atoms with van der Waals surface area (Å²) in [5, 5.41) is 5.40. The lowest BCUT2D eigenvalue weighted by Gasteiger charge is -2.11. The topological polar surface area (TPSA) is 66.9 Å². The van der Waals surface area contributed by atoms with Crippen LogP contribution in [0.4, 0.5) is 15.9 Å². The van der Waals surface area contributed by atoms with Gasteiger partial charge >= 0.3 is 0 Å². The van der Waals surface area contributed by atoms with Crippen molar-refractivity contribution in [2.24, 2.45) is 0 Å². The normalized spacial score (nSPS) is 10.0. The zero-order chi connectivity index (χ0) is 13.7. The van der Waals surface area contributed by atoms with E-state index in [0.717, 1.165) is 0 Å². The smallest absolute Gasteiger partial charge is 0.259 e. The number of hydrogen-bond donors (Lipinski definition) is 2. The summed E-state index contributed by atoms with van der Waals surface area (Å²) < 4.78 is 13.7. The first-order chi connectivity index (χ1) is 9.22. The van der Waals surface area contributed by atoms with Crippen LogP contribution in [0.15, 0.2) is 36.8 Å². The van der Waals surface area contributed by atoms with Crippen molar-refractivity contribution in [2.75, 3.05) is 17.2 Å². The molecule has 98 valence electrons. The Morgan fingerprint density at radius 3 is 2.89 bits per heavy atom. The van der Waals surface area contributed by atoms with E-state index in [2.05, 4.69) is 20.6 Å². The number of nitrogens with one attached hydrogen (secondary N) is 2. The van der Waals surface area contributed by atoms with Gasteiger partial charge in [0.15, 0.2) is 5.82 Å². The highest BCUT2D eigenvalue weighted by atomic mass is 19.1. The summed E-state index contributed by atoms with van der Waals surface area (Å²) in [7, 11) is 0. The SMILES string of the molecule is CCNc1c(F)cccc1C(=O)Nc1cnccn1. The van der Waals surface area contributed by atoms with E-state index in [1.807, 2.05) is 6.92 Å². The monoisotopic (exact) mass is 260 g/mol. The lowest BCUT2D eigenvalue weighted by atomic mass is 10.1. The number of benzene rings is 1. The fourth-order valence-corrected chi connectivity index (χ4v) is 1.62. The van der Waals surface area contributed by atoms with Gasteiger partial charge in [0.05, 0.1) is 17.4 Å². The Labute approximate surface area is 109 Å². The molecular formula is C13H13FN4O. The van der Waals surface area contributed by atoms with E-state index in [-0.39, 0.29) is 11.3 Å². The lowest BCUT2D eigenvalue weighted by molar-refractivity contribution is 0.102. The van der Waals surface area contributed by atoms with Crippen LogP contribution in [0, 0.1) is 5.82 Å². The molecule has 2 N–H and O–H groups in total. The molecule has 0 fully saturated rings. The van der Waals surface area contributed by atoms with E-state index in [1.54, 1.807) is 6.07 Å². The Hall–Kier alpha value is -2.50. The molecule has 0 spiro atoms. The van der Waals surface area contributed by atoms with E-state index in [0.29, 0.717) is 12.4 Å². The van der Waals surface area contributed by atoms with Crippen molar-refractivity contribution >= 4 is 17.4 Å². The highest BCUT2D eigenvalue weighted by Gasteiger charge is 2.15. The van der Waals surface area contributed by atoms with Crippen LogP contribution >= 0.6 is 0 Å². The molecule has 2 rings (SSSR count). The van der Waals surface area contributed by atoms with E-state index in [9.17, 15) is 9.18 Å². The van der Waals surface area contributed by atoms with Crippen LogP contribution in [-0.4, -0.2) is 22.4 Å². The molecule has 0 radical (unpaired) electrons. The summed E-state index contributed by atoms with van der Waals surface area (Å²) in [6.45, 7) is 2.35. The van der Waals surface area contributed by atoms with Gasteiger partial charge in [-0.25, -0.2) is 9.37 Å². The summed E-state index contributed by atoms with van der Waals surface area (Å²) in [4.78, 5) is 19.9. The molecule has 0 aliphatic heterocycles. The number of aromatic nitrogens is 2. The summed E-state index contributed by atoms with van der Waals surface area (Å²) in [5.41, 5.74) is 0.416. The van der Waals surface area contributed by atoms with Crippen molar-refractivity contribution in [2.45, 2.75) is 6.92 Å². The van der Waals surface area contributed by atoms with Crippen molar-refractivity contribution in [1.29, 1.82) is 0 Å². The highest BCUT2D eigenvalue weighted by molar-refractivity contribution is 6.07. The average Bonchev–Trinajstić information content (AvgIpc) is 2.42. The molecule has 0 bridgehead atoms. The molecule has 0 unspecified atom stereocenters. The van der Waals surface area contributed by atoms with Crippen molar-refractivity contribution in [3.8, 4) is 0 Å². The minimum Gasteiger partial charge on any atom is -0.382 e. The molecule has 1 amide bonds. The summed E-state index contributed by atoms with van der Waals surface area (Å²) in [6, 6.07) is 4.34. The standard InChI is InChI=1S/C13H13FN4O/c1-2-16-12-9(4-3-5-10(12)14)13(19)18-11-8-15-6-7-17-11/h3-8,16H,2H2,1H3,(H,17,18,19). The second kappa shape index (κ2) is 5.90. The van der Waals surface area contributed by atoms with Crippen molar-refractivity contribution < 1.29 is 9.18 Å². The first kappa shape index (κ1) is 12.9. The van der Waals surface area contributed by atoms with Crippen LogP contribution in [0.25, 0.3) is 0 Å². The van der Waals surface area contributed by atoms with Crippen LogP contribution in [0.2, 0.25) is 0 Å². The zero-order valence-electron chi connectivity index (χ0n) is 10.4. The van der Waals surface area contributed by atoms with E-state index >= 15 is 0 Å². The Morgan fingerprint density at radius 2 is 2.21 bits per heavy atom. The predicted octanol–water partition coefficient (Wildman–Crippen LogP) is 2.30. The molecule has 19 heavy (non-hydrogen) atoms. The number of rotatable bonds is 4. The van der Waals surface area contributed by atoms with Gasteiger partial charge in [-0.1, -0.05) is 6.07 Å². The zero-order valence-corrected chi connectivity index (χ0v) is 10.4. The van der Waals surface area contributed by atoms with Gasteiger partial charge in [-0.2, -0.15) is 0 Å². The molecule has 5 nitrogen and oxygen atoms in total. The Bertz CT molecular complexity index is 574. The van der Waals surface area contributed by atoms with Gasteiger partial charge in [-0.15, -0.1) is 0 Å². The van der Waals surface area contributed by atoms with E-state index < -0.39 is 11.7 Å². The third-order valence-electron chi connectivity index (χ3n) is 2.42. The maximum atomic E-state index is 13.7. The van der Waals surface area contributed by atoms with Crippen LogP contribution in [0.3, 0.4) is 0 Å². The molecule has 2 aromatic rings. The molecule has 6 heteroatoms. The maximum absolute atomic E-state index is 13.7. The summed E-state index contributed by atoms with van der Waals surface area (Å²) in [6.07, 6.45) is 4.39. The van der Waals surface area contributed by atoms with Gasteiger partial charge in [-0.3, -0.25) is 9.78 Å². The number of halogens is 1. The summed E-state index contributed by atoms with van der Waals surface area (Å²) >= 11 is 0. The Kier molecular flexibility index (Phi) is 4.02. The molecule has 0 atom stereocenters. The van der Waals surface area contributed by atoms with Crippen LogP contribution in [0.1, 0.15) is 17.3 Å². The number of carbonyl (C=O) groups excluding carboxylic acids is 1. The van der Waals surface area contributed by atoms with Crippen LogP contribution in [0.5, 0.6) is 0 Å². The molecule has 0 aliphatic rings. The van der Waals surface area contributed by atoms with E-state index in [1.165, 1.54) is 30.7 Å². The van der Waals surface area contributed by atoms with Crippen molar-refractivity contribution in [1.82, 2.24) is 9.97 Å². The third-order valence-corrected chi connectivity index (χ3v) is 2.42. The molecular weight excluding hydrogens is 247 g/mol. The first-order valence-corrected chi connectivity index (χ1v) is 5.82. The second-order valence-corrected chi connectivity index (χ2v) is 3.74. The molecule has 0 saturated carbocycles. The van der Waals surface area contributed by atoms with Gasteiger partial charge in [0.2, 0.25) is 0 Å². The molecule has 0 saturated heterocycles. The maximum Gasteiger partial charge on any atom is 0.259 e. The van der Waals surface area contributed by atoms with Gasteiger partial charge in [0.25, 0.3) is 5.91 Å². The van der Waals surface area contributed by atoms with Gasteiger partial charge in [0, 0.05) is 18.9 Å². The van der Waals surface area contributed by atoms with Crippen molar-refractivity contribution in [3.05, 3.63) is 48.2 Å². The minimum atomic E-state index is -0.464. The number of nitrogens with zero attached hydrogens (tertiary/aromatic N) is 2. The lowest BCUT2D eigenvalue weighted by Crippen LogP contribution is -2.16. The van der Waals surface area contributed by atoms with Gasteiger partial charge in [-0.05, 0) is 19.1 Å². The third kappa shape index (κ3) is 3.04. The summed E-state index contributed by atoms with van der Waals surface area (Å²) in [5.74, 6) is -0.580. The number of hydrogen-bond acceptors (Lipinski definition) is 4. The molecule has 1 aromatic carbocycles. The fraction of sp³-hybridized carbons (Fsp3) is 0.154. The van der Waals surface area contributed by atoms with Gasteiger partial charge < -0.3 is 10.6 Å². The number of para-hydroxylation sites is 1. The fourth-order valence-electron chi connectivity index (χ4n) is 1.62. The predicted molar refractivity (Wildman–Crippen MR) is 70.5 cm³/mol. The Morgan fingerprint density at radius 1 is 1.37 bits per heavy atom. The number of amides is 1. The molecule has 1 aromatic heterocycles. The largest absolute Gasteiger partial charge is 0.382 e. The average molecular weight is 260 g/mol. The number of anilines is 2. The van der Waals surface area contributed by atoms with Gasteiger partial charge in [0.1, 0.15) is 5.82 Å². The quantitative estimate of drug-likeness (QED) is 0.885. The minimum absolute atomic E-state index is 0.186. The molecule has 0 aliphatic carbocycles. The second-order valence-electron chi connectivity index (χ2n) is 3.74. The van der Waals surface area contributed by atoms with Crippen molar-refractivity contribution in [3.63, 3.8) is 0 Å². The van der Waals surface area contributed by atoms with Crippen LogP contribution < -0.4 is 10.6 Å². The highest BCUT2D eigenvalue weighted by Crippen LogP contribution is 2.20. The Balaban J connectivity index is 2.26. The number of carbonyl (C=O) groups is 1. The first-order valence-electron chi connectivity index (χ1n) is 5.82. The van der Waals surface area contributed by atoms with E-state index in [4.69, 9.17) is 0 Å². The van der Waals surface area contributed by atoms with Crippen LogP contribution in [-0.2, 0) is 0 Å².